The van der Waals surface area contributed by atoms with Gasteiger partial charge < -0.3 is 13.9 Å². The van der Waals surface area contributed by atoms with E-state index >= 15 is 0 Å². The molecule has 0 spiro atoms. The first-order chi connectivity index (χ1) is 14.8. The molecule has 0 radical (unpaired) electrons. The third-order valence-corrected chi connectivity index (χ3v) is 5.79. The average Bonchev–Trinajstić information content (AvgIpc) is 3.56. The van der Waals surface area contributed by atoms with E-state index in [2.05, 4.69) is 25.2 Å². The van der Waals surface area contributed by atoms with Crippen LogP contribution >= 0.6 is 11.3 Å². The molecule has 0 unspecified atom stereocenters. The molecule has 0 aliphatic carbocycles. The summed E-state index contributed by atoms with van der Waals surface area (Å²) in [6.45, 7) is 3.20. The lowest BCUT2D eigenvalue weighted by Crippen LogP contribution is -2.48. The molecule has 9 nitrogen and oxygen atoms in total. The predicted molar refractivity (Wildman–Crippen MR) is 109 cm³/mol. The monoisotopic (exact) mass is 422 g/mol. The van der Waals surface area contributed by atoms with Gasteiger partial charge in [0, 0.05) is 50.2 Å². The summed E-state index contributed by atoms with van der Waals surface area (Å²) in [5, 5.41) is 9.98. The van der Waals surface area contributed by atoms with Gasteiger partial charge in [-0.3, -0.25) is 14.7 Å². The Kier molecular flexibility index (Phi) is 5.08. The molecule has 0 N–H and O–H groups in total. The number of carbonyl (C=O) groups is 1. The largest absolute Gasteiger partial charge is 0.355 e. The second kappa shape index (κ2) is 8.17. The number of hydrogen-bond donors (Lipinski definition) is 0. The van der Waals surface area contributed by atoms with Crippen molar-refractivity contribution in [3.63, 3.8) is 0 Å². The number of nitrogens with zero attached hydrogens (tertiary/aromatic N) is 6. The lowest BCUT2D eigenvalue weighted by atomic mass is 10.2. The molecule has 0 bridgehead atoms. The zero-order valence-corrected chi connectivity index (χ0v) is 16.8. The summed E-state index contributed by atoms with van der Waals surface area (Å²) in [7, 11) is 0. The minimum Gasteiger partial charge on any atom is -0.355 e. The highest BCUT2D eigenvalue weighted by atomic mass is 32.1. The van der Waals surface area contributed by atoms with Crippen molar-refractivity contribution in [1.82, 2.24) is 30.1 Å². The van der Waals surface area contributed by atoms with Gasteiger partial charge in [0.25, 0.3) is 5.91 Å². The Bertz CT molecular complexity index is 1120. The molecule has 0 atom stereocenters. The second-order valence-corrected chi connectivity index (χ2v) is 7.82. The number of aromatic nitrogens is 4. The van der Waals surface area contributed by atoms with Crippen LogP contribution in [0.4, 0.5) is 0 Å². The van der Waals surface area contributed by atoms with Gasteiger partial charge in [-0.1, -0.05) is 16.4 Å². The summed E-state index contributed by atoms with van der Waals surface area (Å²) in [5.74, 6) is 1.62. The number of amides is 1. The Balaban J connectivity index is 1.17. The topological polar surface area (TPSA) is 101 Å². The standard InChI is InChI=1S/C20H18N6O3S/c27-20(15-12-16(28-23-15)14-3-5-21-6-4-14)26-9-7-25(8-10-26)13-18-22-19(24-29-18)17-2-1-11-30-17/h1-6,11-12H,7-10,13H2. The van der Waals surface area contributed by atoms with Crippen molar-refractivity contribution in [3.8, 4) is 22.0 Å². The van der Waals surface area contributed by atoms with Crippen LogP contribution in [0.1, 0.15) is 16.4 Å². The van der Waals surface area contributed by atoms with E-state index in [-0.39, 0.29) is 5.91 Å². The zero-order chi connectivity index (χ0) is 20.3. The number of piperazine rings is 1. The molecule has 1 amide bonds. The van der Waals surface area contributed by atoms with Crippen molar-refractivity contribution in [1.29, 1.82) is 0 Å². The molecule has 1 fully saturated rings. The van der Waals surface area contributed by atoms with Crippen LogP contribution in [0.25, 0.3) is 22.0 Å². The van der Waals surface area contributed by atoms with Gasteiger partial charge in [0.2, 0.25) is 11.7 Å². The minimum atomic E-state index is -0.128. The Labute approximate surface area is 175 Å². The van der Waals surface area contributed by atoms with Crippen LogP contribution in [0.15, 0.2) is 57.2 Å². The highest BCUT2D eigenvalue weighted by molar-refractivity contribution is 7.13. The first-order valence-corrected chi connectivity index (χ1v) is 10.4. The third kappa shape index (κ3) is 3.87. The van der Waals surface area contributed by atoms with Gasteiger partial charge >= 0.3 is 0 Å². The molecule has 0 saturated carbocycles. The van der Waals surface area contributed by atoms with Crippen molar-refractivity contribution in [2.45, 2.75) is 6.54 Å². The van der Waals surface area contributed by atoms with Crippen LogP contribution in [-0.2, 0) is 6.54 Å². The summed E-state index contributed by atoms with van der Waals surface area (Å²) in [4.78, 5) is 26.2. The van der Waals surface area contributed by atoms with E-state index in [0.717, 1.165) is 23.5 Å². The quantitative estimate of drug-likeness (QED) is 0.484. The van der Waals surface area contributed by atoms with Crippen molar-refractivity contribution in [2.75, 3.05) is 26.2 Å². The first kappa shape index (κ1) is 18.6. The SMILES string of the molecule is O=C(c1cc(-c2ccncc2)on1)N1CCN(Cc2nc(-c3cccs3)no2)CC1. The van der Waals surface area contributed by atoms with E-state index in [4.69, 9.17) is 9.05 Å². The van der Waals surface area contributed by atoms with Gasteiger partial charge in [-0.15, -0.1) is 11.3 Å². The summed E-state index contributed by atoms with van der Waals surface area (Å²) >= 11 is 1.58. The Hall–Kier alpha value is -3.37. The van der Waals surface area contributed by atoms with Gasteiger partial charge in [-0.2, -0.15) is 4.98 Å². The highest BCUT2D eigenvalue weighted by Gasteiger charge is 2.25. The Morgan fingerprint density at radius 3 is 2.67 bits per heavy atom. The van der Waals surface area contributed by atoms with Crippen molar-refractivity contribution >= 4 is 17.2 Å². The van der Waals surface area contributed by atoms with E-state index in [1.54, 1.807) is 34.7 Å². The van der Waals surface area contributed by atoms with Crippen molar-refractivity contribution < 1.29 is 13.8 Å². The number of carbonyl (C=O) groups excluding carboxylic acids is 1. The maximum atomic E-state index is 12.8. The molecule has 1 saturated heterocycles. The fourth-order valence-electron chi connectivity index (χ4n) is 3.32. The molecule has 1 aliphatic heterocycles. The molecular formula is C20H18N6O3S. The molecule has 30 heavy (non-hydrogen) atoms. The molecule has 4 aromatic heterocycles. The van der Waals surface area contributed by atoms with Gasteiger partial charge in [-0.05, 0) is 23.6 Å². The van der Waals surface area contributed by atoms with Gasteiger partial charge in [-0.25, -0.2) is 0 Å². The number of pyridine rings is 1. The Morgan fingerprint density at radius 2 is 1.90 bits per heavy atom. The van der Waals surface area contributed by atoms with E-state index in [1.807, 2.05) is 29.6 Å². The van der Waals surface area contributed by atoms with Crippen LogP contribution in [0.5, 0.6) is 0 Å². The number of rotatable bonds is 5. The van der Waals surface area contributed by atoms with Crippen LogP contribution < -0.4 is 0 Å². The summed E-state index contributed by atoms with van der Waals surface area (Å²) < 4.78 is 10.7. The summed E-state index contributed by atoms with van der Waals surface area (Å²) in [5.41, 5.74) is 1.15. The van der Waals surface area contributed by atoms with Gasteiger partial charge in [0.15, 0.2) is 11.5 Å². The van der Waals surface area contributed by atoms with Crippen LogP contribution in [0, 0.1) is 0 Å². The maximum Gasteiger partial charge on any atom is 0.276 e. The molecule has 10 heteroatoms. The lowest BCUT2D eigenvalue weighted by Gasteiger charge is -2.33. The smallest absolute Gasteiger partial charge is 0.276 e. The second-order valence-electron chi connectivity index (χ2n) is 6.87. The van der Waals surface area contributed by atoms with Gasteiger partial charge in [0.05, 0.1) is 11.4 Å². The van der Waals surface area contributed by atoms with Crippen LogP contribution in [0.3, 0.4) is 0 Å². The summed E-state index contributed by atoms with van der Waals surface area (Å²) in [6.07, 6.45) is 3.34. The lowest BCUT2D eigenvalue weighted by molar-refractivity contribution is 0.0605. The zero-order valence-electron chi connectivity index (χ0n) is 16.0. The van der Waals surface area contributed by atoms with Crippen molar-refractivity contribution in [3.05, 3.63) is 59.7 Å². The molecule has 0 aromatic carbocycles. The summed E-state index contributed by atoms with van der Waals surface area (Å²) in [6, 6.07) is 9.23. The Morgan fingerprint density at radius 1 is 1.07 bits per heavy atom. The van der Waals surface area contributed by atoms with Crippen LogP contribution in [-0.4, -0.2) is 62.2 Å². The van der Waals surface area contributed by atoms with Crippen molar-refractivity contribution in [2.24, 2.45) is 0 Å². The maximum absolute atomic E-state index is 12.8. The van der Waals surface area contributed by atoms with Gasteiger partial charge in [0.1, 0.15) is 0 Å². The minimum absolute atomic E-state index is 0.128. The molecular weight excluding hydrogens is 404 g/mol. The van der Waals surface area contributed by atoms with E-state index in [0.29, 0.717) is 42.8 Å². The number of hydrogen-bond acceptors (Lipinski definition) is 9. The average molecular weight is 422 g/mol. The highest BCUT2D eigenvalue weighted by Crippen LogP contribution is 2.22. The molecule has 1 aliphatic rings. The number of thiophene rings is 1. The third-order valence-electron chi connectivity index (χ3n) is 4.92. The fourth-order valence-corrected chi connectivity index (χ4v) is 3.96. The first-order valence-electron chi connectivity index (χ1n) is 9.51. The molecule has 4 aromatic rings. The normalized spacial score (nSPS) is 14.9. The van der Waals surface area contributed by atoms with E-state index in [1.165, 1.54) is 0 Å². The van der Waals surface area contributed by atoms with E-state index < -0.39 is 0 Å². The predicted octanol–water partition coefficient (Wildman–Crippen LogP) is 2.81. The van der Waals surface area contributed by atoms with E-state index in [9.17, 15) is 4.79 Å². The van der Waals surface area contributed by atoms with Crippen LogP contribution in [0.2, 0.25) is 0 Å². The molecule has 5 rings (SSSR count). The molecule has 5 heterocycles. The fraction of sp³-hybridized carbons (Fsp3) is 0.250. The molecule has 152 valence electrons.